The number of rotatable bonds is 1. The molecule has 0 amide bonds. The SMILES string of the molecule is N/N=C/c1nccs1. The maximum absolute atomic E-state index is 4.86. The van der Waals surface area contributed by atoms with Crippen molar-refractivity contribution in [3.05, 3.63) is 16.6 Å². The zero-order chi connectivity index (χ0) is 5.82. The Balaban J connectivity index is 2.77. The molecule has 0 aliphatic heterocycles. The summed E-state index contributed by atoms with van der Waals surface area (Å²) in [5, 5.41) is 6.01. The summed E-state index contributed by atoms with van der Waals surface area (Å²) >= 11 is 1.51. The van der Waals surface area contributed by atoms with Crippen molar-refractivity contribution in [2.75, 3.05) is 0 Å². The smallest absolute Gasteiger partial charge is 0.136 e. The van der Waals surface area contributed by atoms with E-state index in [0.717, 1.165) is 5.01 Å². The second-order valence-electron chi connectivity index (χ2n) is 1.15. The van der Waals surface area contributed by atoms with Gasteiger partial charge in [-0.1, -0.05) is 0 Å². The molecule has 0 fully saturated rings. The van der Waals surface area contributed by atoms with Crippen LogP contribution in [0.1, 0.15) is 5.01 Å². The zero-order valence-corrected chi connectivity index (χ0v) is 4.93. The van der Waals surface area contributed by atoms with Crippen molar-refractivity contribution in [1.29, 1.82) is 0 Å². The van der Waals surface area contributed by atoms with Crippen molar-refractivity contribution in [1.82, 2.24) is 4.98 Å². The molecule has 0 aliphatic carbocycles. The van der Waals surface area contributed by atoms with E-state index in [2.05, 4.69) is 10.1 Å². The molecule has 0 saturated carbocycles. The van der Waals surface area contributed by atoms with Crippen molar-refractivity contribution in [3.63, 3.8) is 0 Å². The van der Waals surface area contributed by atoms with Crippen LogP contribution in [0.5, 0.6) is 0 Å². The Hall–Kier alpha value is -0.900. The summed E-state index contributed by atoms with van der Waals surface area (Å²) in [5.41, 5.74) is 0. The maximum atomic E-state index is 4.86. The van der Waals surface area contributed by atoms with E-state index < -0.39 is 0 Å². The Morgan fingerprint density at radius 1 is 1.88 bits per heavy atom. The summed E-state index contributed by atoms with van der Waals surface area (Å²) in [6.07, 6.45) is 3.23. The predicted molar refractivity (Wildman–Crippen MR) is 33.9 cm³/mol. The lowest BCUT2D eigenvalue weighted by atomic mass is 10.8. The normalized spacial score (nSPS) is 10.5. The van der Waals surface area contributed by atoms with Crippen LogP contribution in [0.4, 0.5) is 0 Å². The van der Waals surface area contributed by atoms with Gasteiger partial charge in [0.05, 0.1) is 6.21 Å². The summed E-state index contributed by atoms with van der Waals surface area (Å²) in [6.45, 7) is 0. The molecule has 8 heavy (non-hydrogen) atoms. The molecule has 0 atom stereocenters. The average Bonchev–Trinajstić information content (AvgIpc) is 2.19. The number of nitrogens with two attached hydrogens (primary N) is 1. The summed E-state index contributed by atoms with van der Waals surface area (Å²) in [6, 6.07) is 0. The molecule has 0 unspecified atom stereocenters. The average molecular weight is 127 g/mol. The molecule has 0 radical (unpaired) electrons. The van der Waals surface area contributed by atoms with Gasteiger partial charge in [0, 0.05) is 11.6 Å². The number of hydrazone groups is 1. The molecular formula is C4H5N3S. The van der Waals surface area contributed by atoms with Crippen molar-refractivity contribution in [2.24, 2.45) is 10.9 Å². The molecule has 0 aromatic carbocycles. The Labute approximate surface area is 50.9 Å². The van der Waals surface area contributed by atoms with E-state index in [0.29, 0.717) is 0 Å². The van der Waals surface area contributed by atoms with Crippen molar-refractivity contribution in [2.45, 2.75) is 0 Å². The first-order chi connectivity index (χ1) is 3.93. The van der Waals surface area contributed by atoms with E-state index in [1.54, 1.807) is 6.20 Å². The summed E-state index contributed by atoms with van der Waals surface area (Å²) in [7, 11) is 0. The lowest BCUT2D eigenvalue weighted by Crippen LogP contribution is -1.82. The molecule has 42 valence electrons. The summed E-state index contributed by atoms with van der Waals surface area (Å²) in [4.78, 5) is 3.90. The quantitative estimate of drug-likeness (QED) is 0.338. The number of aromatic nitrogens is 1. The number of thiazole rings is 1. The highest BCUT2D eigenvalue weighted by Gasteiger charge is 1.84. The fourth-order valence-corrected chi connectivity index (χ4v) is 0.867. The van der Waals surface area contributed by atoms with E-state index in [-0.39, 0.29) is 0 Å². The van der Waals surface area contributed by atoms with Crippen molar-refractivity contribution >= 4 is 17.6 Å². The molecule has 1 aromatic heterocycles. The molecule has 1 rings (SSSR count). The van der Waals surface area contributed by atoms with E-state index in [1.165, 1.54) is 17.6 Å². The lowest BCUT2D eigenvalue weighted by molar-refractivity contribution is 1.25. The first-order valence-electron chi connectivity index (χ1n) is 2.06. The van der Waals surface area contributed by atoms with Gasteiger partial charge in [-0.25, -0.2) is 4.98 Å². The minimum Gasteiger partial charge on any atom is -0.323 e. The van der Waals surface area contributed by atoms with Gasteiger partial charge in [0.1, 0.15) is 5.01 Å². The largest absolute Gasteiger partial charge is 0.323 e. The highest BCUT2D eigenvalue weighted by atomic mass is 32.1. The van der Waals surface area contributed by atoms with Gasteiger partial charge in [0.25, 0.3) is 0 Å². The van der Waals surface area contributed by atoms with Crippen LogP contribution in [0.25, 0.3) is 0 Å². The molecule has 1 heterocycles. The van der Waals surface area contributed by atoms with Crippen LogP contribution in [0, 0.1) is 0 Å². The van der Waals surface area contributed by atoms with Gasteiger partial charge in [0.15, 0.2) is 0 Å². The van der Waals surface area contributed by atoms with Gasteiger partial charge in [0.2, 0.25) is 0 Å². The fourth-order valence-electron chi connectivity index (χ4n) is 0.362. The third-order valence-corrected chi connectivity index (χ3v) is 1.35. The molecule has 0 saturated heterocycles. The van der Waals surface area contributed by atoms with Crippen LogP contribution in [0.3, 0.4) is 0 Å². The Kier molecular flexibility index (Phi) is 1.58. The maximum Gasteiger partial charge on any atom is 0.136 e. The van der Waals surface area contributed by atoms with Gasteiger partial charge in [-0.05, 0) is 0 Å². The van der Waals surface area contributed by atoms with Gasteiger partial charge < -0.3 is 5.84 Å². The standard InChI is InChI=1S/C4H5N3S/c5-7-3-4-6-1-2-8-4/h1-3H,5H2/b7-3+. The van der Waals surface area contributed by atoms with Crippen LogP contribution in [0.2, 0.25) is 0 Å². The molecule has 3 nitrogen and oxygen atoms in total. The second kappa shape index (κ2) is 2.42. The highest BCUT2D eigenvalue weighted by Crippen LogP contribution is 1.98. The molecular weight excluding hydrogens is 122 g/mol. The third-order valence-electron chi connectivity index (χ3n) is 0.636. The molecule has 0 aliphatic rings. The van der Waals surface area contributed by atoms with E-state index >= 15 is 0 Å². The van der Waals surface area contributed by atoms with Crippen LogP contribution < -0.4 is 5.84 Å². The highest BCUT2D eigenvalue weighted by molar-refractivity contribution is 7.11. The Morgan fingerprint density at radius 2 is 2.75 bits per heavy atom. The van der Waals surface area contributed by atoms with Gasteiger partial charge in [-0.15, -0.1) is 11.3 Å². The van der Waals surface area contributed by atoms with Gasteiger partial charge >= 0.3 is 0 Å². The molecule has 0 bridgehead atoms. The molecule has 2 N–H and O–H groups in total. The molecule has 0 spiro atoms. The first-order valence-corrected chi connectivity index (χ1v) is 2.94. The second-order valence-corrected chi connectivity index (χ2v) is 2.07. The van der Waals surface area contributed by atoms with Crippen LogP contribution in [-0.4, -0.2) is 11.2 Å². The minimum absolute atomic E-state index is 0.840. The minimum atomic E-state index is 0.840. The van der Waals surface area contributed by atoms with E-state index in [4.69, 9.17) is 5.84 Å². The van der Waals surface area contributed by atoms with Crippen molar-refractivity contribution < 1.29 is 0 Å². The lowest BCUT2D eigenvalue weighted by Gasteiger charge is -1.73. The number of nitrogens with zero attached hydrogens (tertiary/aromatic N) is 2. The van der Waals surface area contributed by atoms with Crippen LogP contribution in [-0.2, 0) is 0 Å². The van der Waals surface area contributed by atoms with Crippen molar-refractivity contribution in [3.8, 4) is 0 Å². The first kappa shape index (κ1) is 5.24. The number of hydrogen-bond donors (Lipinski definition) is 1. The summed E-state index contributed by atoms with van der Waals surface area (Å²) < 4.78 is 0. The monoisotopic (exact) mass is 127 g/mol. The number of hydrogen-bond acceptors (Lipinski definition) is 4. The van der Waals surface area contributed by atoms with E-state index in [1.807, 2.05) is 5.38 Å². The van der Waals surface area contributed by atoms with Crippen LogP contribution >= 0.6 is 11.3 Å². The molecule has 1 aromatic rings. The predicted octanol–water partition coefficient (Wildman–Crippen LogP) is 0.436. The molecule has 4 heteroatoms. The third kappa shape index (κ3) is 1.04. The van der Waals surface area contributed by atoms with Crippen LogP contribution in [0.15, 0.2) is 16.7 Å². The Bertz CT molecular complexity index is 167. The zero-order valence-electron chi connectivity index (χ0n) is 4.11. The summed E-state index contributed by atoms with van der Waals surface area (Å²) in [5.74, 6) is 4.86. The Morgan fingerprint density at radius 3 is 3.25 bits per heavy atom. The van der Waals surface area contributed by atoms with Gasteiger partial charge in [-0.3, -0.25) is 0 Å². The fraction of sp³-hybridized carbons (Fsp3) is 0. The van der Waals surface area contributed by atoms with Gasteiger partial charge in [-0.2, -0.15) is 5.10 Å². The topological polar surface area (TPSA) is 51.3 Å². The van der Waals surface area contributed by atoms with E-state index in [9.17, 15) is 0 Å².